The Morgan fingerprint density at radius 3 is 2.40 bits per heavy atom. The Kier molecular flexibility index (Phi) is 8.67. The first-order valence-electron chi connectivity index (χ1n) is 18.4. The van der Waals surface area contributed by atoms with Gasteiger partial charge in [0.05, 0.1) is 33.1 Å². The lowest BCUT2D eigenvalue weighted by Crippen LogP contribution is -2.49. The number of hydrogen-bond acceptors (Lipinski definition) is 9. The van der Waals surface area contributed by atoms with Crippen molar-refractivity contribution in [1.82, 2.24) is 19.8 Å². The number of phenols is 1. The second-order valence-corrected chi connectivity index (χ2v) is 17.4. The molecule has 6 atom stereocenters. The number of aromatic nitrogens is 3. The number of carbonyl (C=O) groups is 4. The van der Waals surface area contributed by atoms with Gasteiger partial charge < -0.3 is 5.11 Å². The lowest BCUT2D eigenvalue weighted by molar-refractivity contribution is -0.141. The summed E-state index contributed by atoms with van der Waals surface area (Å²) >= 11 is 14.1. The molecule has 2 aromatic carbocycles. The van der Waals surface area contributed by atoms with Crippen molar-refractivity contribution < 1.29 is 37.5 Å². The SMILES string of the molecule is Cc1c(-c2cc(N3C(=O)[C@@H]4C[C@@H]5C(=CC[C@@H]6C(=O)N(N(C)c7nc(C(F)(F)F)ccc7Cl)C(=O)[C@@H]65)[C@H](c5ccc(O)cc5)[C@]4(C)C3=O)n(C)n2)sc2ccc(Cl)cc12. The molecule has 2 saturated heterocycles. The highest BCUT2D eigenvalue weighted by Gasteiger charge is 2.68. The lowest BCUT2D eigenvalue weighted by Gasteiger charge is -2.49. The van der Waals surface area contributed by atoms with Gasteiger partial charge >= 0.3 is 6.18 Å². The highest BCUT2D eigenvalue weighted by molar-refractivity contribution is 7.22. The summed E-state index contributed by atoms with van der Waals surface area (Å²) < 4.78 is 43.5. The number of pyridine rings is 1. The Bertz CT molecular complexity index is 2660. The van der Waals surface area contributed by atoms with E-state index in [2.05, 4.69) is 4.98 Å². The molecule has 2 aliphatic heterocycles. The van der Waals surface area contributed by atoms with E-state index in [0.29, 0.717) is 27.9 Å². The van der Waals surface area contributed by atoms with Crippen LogP contribution in [0, 0.1) is 36.0 Å². The van der Waals surface area contributed by atoms with Crippen molar-refractivity contribution in [2.24, 2.45) is 36.1 Å². The van der Waals surface area contributed by atoms with E-state index in [1.807, 2.05) is 31.2 Å². The van der Waals surface area contributed by atoms with Crippen LogP contribution >= 0.6 is 34.5 Å². The fourth-order valence-electron chi connectivity index (χ4n) is 9.69. The number of thiophene rings is 1. The molecule has 11 nitrogen and oxygen atoms in total. The summed E-state index contributed by atoms with van der Waals surface area (Å²) in [6, 6.07) is 15.4. The Balaban J connectivity index is 1.11. The first-order chi connectivity index (χ1) is 27.4. The van der Waals surface area contributed by atoms with Crippen molar-refractivity contribution in [3.05, 3.63) is 99.2 Å². The van der Waals surface area contributed by atoms with Crippen molar-refractivity contribution in [3.63, 3.8) is 0 Å². The third-order valence-electron chi connectivity index (χ3n) is 12.4. The normalized spacial score (nSPS) is 25.7. The van der Waals surface area contributed by atoms with Crippen LogP contribution in [0.1, 0.15) is 42.5 Å². The van der Waals surface area contributed by atoms with Gasteiger partial charge in [-0.1, -0.05) is 47.0 Å². The molecular formula is C41H33Cl2F3N6O5S. The molecule has 5 aromatic rings. The Morgan fingerprint density at radius 1 is 0.966 bits per heavy atom. The van der Waals surface area contributed by atoms with Crippen LogP contribution in [0.5, 0.6) is 5.75 Å². The number of halogens is 5. The summed E-state index contributed by atoms with van der Waals surface area (Å²) in [5.41, 5.74) is 0.220. The zero-order valence-electron chi connectivity index (χ0n) is 31.2. The number of alkyl halides is 3. The molecule has 1 N–H and O–H groups in total. The van der Waals surface area contributed by atoms with Gasteiger partial charge in [0.15, 0.2) is 5.82 Å². The molecule has 0 bridgehead atoms. The highest BCUT2D eigenvalue weighted by atomic mass is 35.5. The number of rotatable bonds is 5. The van der Waals surface area contributed by atoms with Gasteiger partial charge in [0.2, 0.25) is 11.8 Å². The van der Waals surface area contributed by atoms with Gasteiger partial charge in [-0.3, -0.25) is 28.9 Å². The minimum atomic E-state index is -4.81. The Morgan fingerprint density at radius 2 is 1.69 bits per heavy atom. The quantitative estimate of drug-likeness (QED) is 0.138. The molecule has 1 saturated carbocycles. The van der Waals surface area contributed by atoms with Gasteiger partial charge in [0.25, 0.3) is 11.8 Å². The summed E-state index contributed by atoms with van der Waals surface area (Å²) in [5, 5.41) is 18.1. The number of amides is 4. The van der Waals surface area contributed by atoms with Crippen LogP contribution in [-0.4, -0.2) is 55.6 Å². The monoisotopic (exact) mass is 848 g/mol. The second kappa shape index (κ2) is 13.1. The van der Waals surface area contributed by atoms with Crippen LogP contribution < -0.4 is 9.91 Å². The van der Waals surface area contributed by atoms with Crippen LogP contribution in [-0.2, 0) is 32.4 Å². The predicted molar refractivity (Wildman–Crippen MR) is 211 cm³/mol. The number of imide groups is 2. The van der Waals surface area contributed by atoms with E-state index >= 15 is 4.79 Å². The molecule has 0 unspecified atom stereocenters. The van der Waals surface area contributed by atoms with E-state index in [1.165, 1.54) is 40.1 Å². The van der Waals surface area contributed by atoms with E-state index in [4.69, 9.17) is 28.3 Å². The fourth-order valence-corrected chi connectivity index (χ4v) is 11.2. The standard InChI is InChI=1S/C41H33Cl2F3N6O5S/c1-18-24-15-20(42)7-13-29(24)58-34(18)28-17-31(49(3)48-28)51-37(55)26-16-25-22(33(40(26,2)39(51)57)19-5-8-21(53)9-6-19)10-11-23-32(25)38(56)52(36(23)54)50(4)35-27(43)12-14-30(47-35)41(44,45)46/h5-10,12-15,17,23,25-26,32-33,53H,11,16H2,1-4H3/t23-,25+,26-,32-,33-,40+/m0/s1. The molecule has 2 aliphatic carbocycles. The molecule has 0 spiro atoms. The maximum absolute atomic E-state index is 15.1. The maximum atomic E-state index is 15.1. The maximum Gasteiger partial charge on any atom is 0.433 e. The smallest absolute Gasteiger partial charge is 0.433 e. The summed E-state index contributed by atoms with van der Waals surface area (Å²) in [5.74, 6) is -6.78. The summed E-state index contributed by atoms with van der Waals surface area (Å²) in [4.78, 5) is 64.2. The number of phenolic OH excluding ortho intramolecular Hbond substituents is 1. The third-order valence-corrected chi connectivity index (χ3v) is 14.2. The predicted octanol–water partition coefficient (Wildman–Crippen LogP) is 8.32. The van der Waals surface area contributed by atoms with Gasteiger partial charge in [-0.25, -0.2) is 9.88 Å². The molecular weight excluding hydrogens is 816 g/mol. The van der Waals surface area contributed by atoms with Crippen LogP contribution in [0.3, 0.4) is 0 Å². The number of fused-ring (bicyclic) bond motifs is 5. The van der Waals surface area contributed by atoms with E-state index in [0.717, 1.165) is 36.6 Å². The molecule has 3 fully saturated rings. The fraction of sp³-hybridized carbons (Fsp3) is 0.317. The van der Waals surface area contributed by atoms with E-state index in [1.54, 1.807) is 32.2 Å². The van der Waals surface area contributed by atoms with Crippen molar-refractivity contribution >= 4 is 79.9 Å². The second-order valence-electron chi connectivity index (χ2n) is 15.5. The number of aromatic hydroxyl groups is 1. The topological polar surface area (TPSA) is 129 Å². The third kappa shape index (κ3) is 5.45. The zero-order valence-corrected chi connectivity index (χ0v) is 33.5. The first-order valence-corrected chi connectivity index (χ1v) is 19.9. The van der Waals surface area contributed by atoms with E-state index in [9.17, 15) is 32.7 Å². The average molecular weight is 850 g/mol. The molecule has 298 valence electrons. The average Bonchev–Trinajstić information content (AvgIpc) is 3.84. The summed E-state index contributed by atoms with van der Waals surface area (Å²) in [6.07, 6.45) is -2.82. The molecule has 4 amide bonds. The molecule has 0 radical (unpaired) electrons. The van der Waals surface area contributed by atoms with Gasteiger partial charge in [-0.05, 0) is 91.6 Å². The van der Waals surface area contributed by atoms with Gasteiger partial charge in [0.1, 0.15) is 23.0 Å². The number of carbonyl (C=O) groups excluding carboxylic acids is 4. The van der Waals surface area contributed by atoms with Crippen molar-refractivity contribution in [2.45, 2.75) is 38.8 Å². The Hall–Kier alpha value is -5.25. The number of hydrazine groups is 1. The van der Waals surface area contributed by atoms with Gasteiger partial charge in [-0.2, -0.15) is 23.3 Å². The van der Waals surface area contributed by atoms with Crippen molar-refractivity contribution in [1.29, 1.82) is 0 Å². The van der Waals surface area contributed by atoms with Crippen LogP contribution in [0.15, 0.2) is 72.3 Å². The highest BCUT2D eigenvalue weighted by Crippen LogP contribution is 2.64. The van der Waals surface area contributed by atoms with Gasteiger partial charge in [0, 0.05) is 35.8 Å². The van der Waals surface area contributed by atoms with Crippen LogP contribution in [0.25, 0.3) is 20.7 Å². The van der Waals surface area contributed by atoms with E-state index in [-0.39, 0.29) is 29.4 Å². The Labute approximate surface area is 343 Å². The molecule has 9 rings (SSSR count). The minimum Gasteiger partial charge on any atom is -0.508 e. The number of hydrogen-bond donors (Lipinski definition) is 1. The number of allylic oxidation sites excluding steroid dienone is 2. The van der Waals surface area contributed by atoms with Gasteiger partial charge in [-0.15, -0.1) is 11.3 Å². The molecule has 3 aromatic heterocycles. The molecule has 17 heteroatoms. The number of benzene rings is 2. The van der Waals surface area contributed by atoms with Crippen LogP contribution in [0.2, 0.25) is 10.0 Å². The van der Waals surface area contributed by atoms with Crippen molar-refractivity contribution in [2.75, 3.05) is 17.0 Å². The van der Waals surface area contributed by atoms with Crippen molar-refractivity contribution in [3.8, 4) is 16.3 Å². The zero-order chi connectivity index (χ0) is 41.3. The number of aryl methyl sites for hydroxylation is 2. The largest absolute Gasteiger partial charge is 0.508 e. The first kappa shape index (κ1) is 38.3. The lowest BCUT2D eigenvalue weighted by atomic mass is 9.51. The number of anilines is 2. The summed E-state index contributed by atoms with van der Waals surface area (Å²) in [6.45, 7) is 3.71. The molecule has 58 heavy (non-hydrogen) atoms. The van der Waals surface area contributed by atoms with Crippen LogP contribution in [0.4, 0.5) is 24.8 Å². The molecule has 4 aliphatic rings. The van der Waals surface area contributed by atoms with E-state index < -0.39 is 76.3 Å². The number of nitrogens with zero attached hydrogens (tertiary/aromatic N) is 6. The minimum absolute atomic E-state index is 0.00993. The molecule has 5 heterocycles. The summed E-state index contributed by atoms with van der Waals surface area (Å²) in [7, 11) is 2.91.